The van der Waals surface area contributed by atoms with Gasteiger partial charge in [-0.25, -0.2) is 0 Å². The monoisotopic (exact) mass is 274 g/mol. The minimum absolute atomic E-state index is 0.506. The first-order valence-electron chi connectivity index (χ1n) is 6.82. The van der Waals surface area contributed by atoms with Crippen LogP contribution in [0.2, 0.25) is 19.6 Å². The molecular weight excluding hydrogens is 252 g/mol. The van der Waals surface area contributed by atoms with Gasteiger partial charge in [-0.05, 0) is 36.7 Å². The second kappa shape index (κ2) is 4.97. The van der Waals surface area contributed by atoms with Gasteiger partial charge >= 0.3 is 0 Å². The minimum atomic E-state index is -1.70. The highest BCUT2D eigenvalue weighted by molar-refractivity contribution is 6.70. The van der Waals surface area contributed by atoms with Gasteiger partial charge in [0.1, 0.15) is 12.0 Å². The predicted octanol–water partition coefficient (Wildman–Crippen LogP) is 4.13. The largest absolute Gasteiger partial charge is 0.544 e. The molecule has 3 heteroatoms. The van der Waals surface area contributed by atoms with E-state index in [2.05, 4.69) is 51.7 Å². The zero-order valence-electron chi connectivity index (χ0n) is 12.4. The summed E-state index contributed by atoms with van der Waals surface area (Å²) in [5.74, 6) is 1.33. The lowest BCUT2D eigenvalue weighted by molar-refractivity contribution is -0.104. The smallest absolute Gasteiger partial charge is 0.242 e. The number of carbonyl (C=O) groups is 1. The van der Waals surface area contributed by atoms with Crippen LogP contribution < -0.4 is 0 Å². The summed E-state index contributed by atoms with van der Waals surface area (Å²) in [6.45, 7) is 10.8. The van der Waals surface area contributed by atoms with Gasteiger partial charge in [0.15, 0.2) is 0 Å². The maximum Gasteiger partial charge on any atom is 0.242 e. The van der Waals surface area contributed by atoms with Gasteiger partial charge in [-0.1, -0.05) is 32.0 Å². The third kappa shape index (κ3) is 2.98. The molecule has 0 saturated carbocycles. The predicted molar refractivity (Wildman–Crippen MR) is 81.7 cm³/mol. The van der Waals surface area contributed by atoms with E-state index in [4.69, 9.17) is 4.43 Å². The standard InChI is InChI=1S/C16H22O2Si/c1-11(2)12-6-7-15-13(8-12)9-14(10-17)16(15)18-19(3,4)5/h6-8,10-11H,9H2,1-5H3. The molecule has 0 radical (unpaired) electrons. The minimum Gasteiger partial charge on any atom is -0.544 e. The molecule has 0 spiro atoms. The number of hydrogen-bond acceptors (Lipinski definition) is 2. The highest BCUT2D eigenvalue weighted by Crippen LogP contribution is 2.36. The summed E-state index contributed by atoms with van der Waals surface area (Å²) in [5, 5.41) is 0. The van der Waals surface area contributed by atoms with Gasteiger partial charge in [0.2, 0.25) is 8.32 Å². The van der Waals surface area contributed by atoms with Gasteiger partial charge in [-0.2, -0.15) is 0 Å². The second-order valence-electron chi connectivity index (χ2n) is 6.43. The van der Waals surface area contributed by atoms with Crippen LogP contribution in [0.4, 0.5) is 0 Å². The number of rotatable bonds is 4. The molecule has 1 aliphatic carbocycles. The molecule has 1 aliphatic rings. The number of allylic oxidation sites excluding steroid dienone is 1. The summed E-state index contributed by atoms with van der Waals surface area (Å²) in [5.41, 5.74) is 4.44. The van der Waals surface area contributed by atoms with Crippen molar-refractivity contribution in [2.45, 2.75) is 45.8 Å². The van der Waals surface area contributed by atoms with E-state index in [9.17, 15) is 4.79 Å². The van der Waals surface area contributed by atoms with Crippen molar-refractivity contribution in [2.75, 3.05) is 0 Å². The number of benzene rings is 1. The molecule has 1 aromatic rings. The van der Waals surface area contributed by atoms with Crippen LogP contribution in [0.25, 0.3) is 5.76 Å². The molecule has 2 rings (SSSR count). The van der Waals surface area contributed by atoms with Crippen LogP contribution in [0.5, 0.6) is 0 Å². The summed E-state index contributed by atoms with van der Waals surface area (Å²) in [6.07, 6.45) is 1.66. The first kappa shape index (κ1) is 14.1. The van der Waals surface area contributed by atoms with Gasteiger partial charge in [0, 0.05) is 17.6 Å². The number of hydrogen-bond donors (Lipinski definition) is 0. The van der Waals surface area contributed by atoms with Crippen molar-refractivity contribution in [2.24, 2.45) is 0 Å². The van der Waals surface area contributed by atoms with Crippen LogP contribution in [0.15, 0.2) is 23.8 Å². The fourth-order valence-corrected chi connectivity index (χ4v) is 3.17. The molecule has 0 bridgehead atoms. The lowest BCUT2D eigenvalue weighted by Crippen LogP contribution is -2.24. The molecule has 0 N–H and O–H groups in total. The molecule has 0 atom stereocenters. The van der Waals surface area contributed by atoms with E-state index in [1.807, 2.05) is 0 Å². The molecule has 0 aliphatic heterocycles. The Labute approximate surface area is 116 Å². The van der Waals surface area contributed by atoms with Gasteiger partial charge in [0.05, 0.1) is 0 Å². The van der Waals surface area contributed by atoms with Crippen molar-refractivity contribution >= 4 is 20.4 Å². The highest BCUT2D eigenvalue weighted by atomic mass is 28.4. The number of fused-ring (bicyclic) bond motifs is 1. The van der Waals surface area contributed by atoms with E-state index in [1.165, 1.54) is 11.1 Å². The summed E-state index contributed by atoms with van der Waals surface area (Å²) < 4.78 is 6.12. The Hall–Kier alpha value is -1.35. The van der Waals surface area contributed by atoms with E-state index in [1.54, 1.807) is 0 Å². The van der Waals surface area contributed by atoms with Crippen LogP contribution in [-0.4, -0.2) is 14.6 Å². The molecule has 0 heterocycles. The Morgan fingerprint density at radius 1 is 1.26 bits per heavy atom. The molecule has 0 fully saturated rings. The summed E-state index contributed by atoms with van der Waals surface area (Å²) >= 11 is 0. The Morgan fingerprint density at radius 3 is 2.47 bits per heavy atom. The van der Waals surface area contributed by atoms with Crippen molar-refractivity contribution in [3.63, 3.8) is 0 Å². The van der Waals surface area contributed by atoms with Crippen molar-refractivity contribution in [3.05, 3.63) is 40.5 Å². The van der Waals surface area contributed by atoms with Gasteiger partial charge in [0.25, 0.3) is 0 Å². The zero-order chi connectivity index (χ0) is 14.2. The molecule has 1 aromatic carbocycles. The molecule has 2 nitrogen and oxygen atoms in total. The summed E-state index contributed by atoms with van der Waals surface area (Å²) in [4.78, 5) is 11.3. The van der Waals surface area contributed by atoms with E-state index in [-0.39, 0.29) is 0 Å². The third-order valence-corrected chi connectivity index (χ3v) is 4.08. The maximum atomic E-state index is 11.3. The third-order valence-electron chi connectivity index (χ3n) is 3.26. The highest BCUT2D eigenvalue weighted by Gasteiger charge is 2.27. The van der Waals surface area contributed by atoms with Gasteiger partial charge < -0.3 is 4.43 Å². The van der Waals surface area contributed by atoms with Crippen LogP contribution in [0.3, 0.4) is 0 Å². The lowest BCUT2D eigenvalue weighted by Gasteiger charge is -2.21. The lowest BCUT2D eigenvalue weighted by atomic mass is 9.98. The van der Waals surface area contributed by atoms with Crippen molar-refractivity contribution in [1.82, 2.24) is 0 Å². The Kier molecular flexibility index (Phi) is 3.68. The average molecular weight is 274 g/mol. The maximum absolute atomic E-state index is 11.3. The Morgan fingerprint density at radius 2 is 1.95 bits per heavy atom. The summed E-state index contributed by atoms with van der Waals surface area (Å²) in [6, 6.07) is 6.46. The molecule has 0 amide bonds. The number of aldehydes is 1. The fourth-order valence-electron chi connectivity index (χ4n) is 2.32. The molecular formula is C16H22O2Si. The quantitative estimate of drug-likeness (QED) is 0.609. The molecule has 0 unspecified atom stereocenters. The molecule has 19 heavy (non-hydrogen) atoms. The van der Waals surface area contributed by atoms with Crippen LogP contribution in [0, 0.1) is 0 Å². The first-order chi connectivity index (χ1) is 8.81. The van der Waals surface area contributed by atoms with Gasteiger partial charge in [-0.3, -0.25) is 4.79 Å². The molecule has 102 valence electrons. The SMILES string of the molecule is CC(C)c1ccc2c(c1)CC(C=O)=C2O[Si](C)(C)C. The van der Waals surface area contributed by atoms with Crippen LogP contribution >= 0.6 is 0 Å². The zero-order valence-corrected chi connectivity index (χ0v) is 13.4. The second-order valence-corrected chi connectivity index (χ2v) is 10.9. The van der Waals surface area contributed by atoms with Crippen LogP contribution in [0.1, 0.15) is 36.5 Å². The Bertz CT molecular complexity index is 536. The van der Waals surface area contributed by atoms with Crippen LogP contribution in [-0.2, 0) is 15.6 Å². The van der Waals surface area contributed by atoms with E-state index < -0.39 is 8.32 Å². The topological polar surface area (TPSA) is 26.3 Å². The molecule has 0 saturated heterocycles. The number of carbonyl (C=O) groups excluding carboxylic acids is 1. The van der Waals surface area contributed by atoms with Crippen molar-refractivity contribution in [1.29, 1.82) is 0 Å². The van der Waals surface area contributed by atoms with E-state index >= 15 is 0 Å². The average Bonchev–Trinajstić information content (AvgIpc) is 2.64. The molecule has 0 aromatic heterocycles. The van der Waals surface area contributed by atoms with Crippen molar-refractivity contribution < 1.29 is 9.22 Å². The van der Waals surface area contributed by atoms with Crippen molar-refractivity contribution in [3.8, 4) is 0 Å². The summed E-state index contributed by atoms with van der Waals surface area (Å²) in [7, 11) is -1.70. The normalized spacial score (nSPS) is 14.8. The van der Waals surface area contributed by atoms with Gasteiger partial charge in [-0.15, -0.1) is 0 Å². The fraction of sp³-hybridized carbons (Fsp3) is 0.438. The first-order valence-corrected chi connectivity index (χ1v) is 10.2. The van der Waals surface area contributed by atoms with E-state index in [0.717, 1.165) is 23.2 Å². The van der Waals surface area contributed by atoms with E-state index in [0.29, 0.717) is 12.3 Å². The Balaban J connectivity index is 2.42.